The molecule has 0 amide bonds. The maximum absolute atomic E-state index is 12.2. The van der Waals surface area contributed by atoms with Crippen molar-refractivity contribution in [3.63, 3.8) is 0 Å². The molecule has 123 valence electrons. The van der Waals surface area contributed by atoms with Gasteiger partial charge in [-0.3, -0.25) is 9.10 Å². The molecule has 0 unspecified atom stereocenters. The third kappa shape index (κ3) is 9.17. The molecule has 0 aromatic heterocycles. The summed E-state index contributed by atoms with van der Waals surface area (Å²) in [7, 11) is -2.32. The van der Waals surface area contributed by atoms with Crippen LogP contribution < -0.4 is 0 Å². The topological polar surface area (TPSA) is 63.7 Å². The number of carbonyl (C=O) groups is 1. The molecule has 0 heterocycles. The van der Waals surface area contributed by atoms with Crippen molar-refractivity contribution in [1.29, 1.82) is 0 Å². The summed E-state index contributed by atoms with van der Waals surface area (Å²) >= 11 is 0. The molecule has 1 aromatic rings. The molecule has 0 aliphatic heterocycles. The molecular weight excluding hydrogens is 468 g/mol. The molecule has 0 aliphatic carbocycles. The first-order chi connectivity index (χ1) is 9.95. The molecule has 0 aliphatic rings. The van der Waals surface area contributed by atoms with E-state index in [1.165, 1.54) is 19.2 Å². The SMILES string of the molecule is [CH2-]C.[CH2-]CN(C[CH2-])S(=O)(=O)c1cccc(CC(=O)OC)c1.[Y+3].[Y]. The number of rotatable bonds is 6. The molecule has 1 aromatic carbocycles. The van der Waals surface area contributed by atoms with E-state index < -0.39 is 16.0 Å². The van der Waals surface area contributed by atoms with Crippen molar-refractivity contribution in [1.82, 2.24) is 4.31 Å². The van der Waals surface area contributed by atoms with Crippen molar-refractivity contribution in [2.45, 2.75) is 18.2 Å². The Morgan fingerprint density at radius 1 is 1.22 bits per heavy atom. The fraction of sp³-hybridized carbons (Fsp3) is 0.333. The van der Waals surface area contributed by atoms with Crippen molar-refractivity contribution in [3.8, 4) is 0 Å². The number of hydrogen-bond acceptors (Lipinski definition) is 4. The molecule has 1 radical (unpaired) electrons. The van der Waals surface area contributed by atoms with Gasteiger partial charge >= 0.3 is 38.7 Å². The van der Waals surface area contributed by atoms with Crippen LogP contribution >= 0.6 is 0 Å². The van der Waals surface area contributed by atoms with Gasteiger partial charge in [0.15, 0.2) is 0 Å². The van der Waals surface area contributed by atoms with E-state index in [1.54, 1.807) is 19.1 Å². The van der Waals surface area contributed by atoms with Gasteiger partial charge in [0, 0.05) is 32.7 Å². The molecule has 1 rings (SSSR count). The van der Waals surface area contributed by atoms with E-state index in [9.17, 15) is 13.2 Å². The fourth-order valence-corrected chi connectivity index (χ4v) is 2.89. The van der Waals surface area contributed by atoms with Gasteiger partial charge in [0.1, 0.15) is 0 Å². The first-order valence-corrected chi connectivity index (χ1v) is 7.84. The maximum Gasteiger partial charge on any atom is 3.00 e. The third-order valence-electron chi connectivity index (χ3n) is 2.61. The van der Waals surface area contributed by atoms with Gasteiger partial charge in [-0.2, -0.15) is 6.92 Å². The summed E-state index contributed by atoms with van der Waals surface area (Å²) < 4.78 is 30.2. The zero-order valence-corrected chi connectivity index (χ0v) is 20.2. The van der Waals surface area contributed by atoms with Gasteiger partial charge in [-0.25, -0.2) is 8.42 Å². The summed E-state index contributed by atoms with van der Waals surface area (Å²) in [6, 6.07) is 6.21. The van der Waals surface area contributed by atoms with Crippen molar-refractivity contribution in [2.24, 2.45) is 0 Å². The number of nitrogens with zero attached hydrogens (tertiary/aromatic N) is 1. The minimum absolute atomic E-state index is 0. The van der Waals surface area contributed by atoms with Gasteiger partial charge in [-0.15, -0.1) is 13.1 Å². The first kappa shape index (κ1) is 28.6. The predicted molar refractivity (Wildman–Crippen MR) is 82.7 cm³/mol. The van der Waals surface area contributed by atoms with Gasteiger partial charge in [-0.05, 0) is 17.7 Å². The van der Waals surface area contributed by atoms with E-state index in [4.69, 9.17) is 0 Å². The van der Waals surface area contributed by atoms with Crippen LogP contribution in [0, 0.1) is 20.8 Å². The number of sulfonamides is 1. The number of hydrogen-bond donors (Lipinski definition) is 0. The second kappa shape index (κ2) is 15.1. The molecule has 0 fully saturated rings. The third-order valence-corrected chi connectivity index (χ3v) is 4.51. The van der Waals surface area contributed by atoms with Crippen LogP contribution in [-0.2, 0) is 91.4 Å². The van der Waals surface area contributed by atoms with E-state index in [1.807, 2.05) is 0 Å². The summed E-state index contributed by atoms with van der Waals surface area (Å²) in [6.45, 7) is 12.3. The number of benzene rings is 1. The summed E-state index contributed by atoms with van der Waals surface area (Å²) in [6.07, 6.45) is 0.0363. The van der Waals surface area contributed by atoms with E-state index in [0.717, 1.165) is 4.31 Å². The Morgan fingerprint density at radius 2 is 1.74 bits per heavy atom. The second-order valence-electron chi connectivity index (χ2n) is 3.80. The summed E-state index contributed by atoms with van der Waals surface area (Å²) in [5, 5.41) is 0. The van der Waals surface area contributed by atoms with Crippen LogP contribution in [0.4, 0.5) is 0 Å². The Bertz CT molecular complexity index is 546. The van der Waals surface area contributed by atoms with Crippen LogP contribution in [0.15, 0.2) is 29.2 Å². The first-order valence-electron chi connectivity index (χ1n) is 6.40. The summed E-state index contributed by atoms with van der Waals surface area (Å²) in [5.41, 5.74) is 0.584. The van der Waals surface area contributed by atoms with Crippen molar-refractivity contribution >= 4 is 16.0 Å². The molecule has 0 bridgehead atoms. The van der Waals surface area contributed by atoms with Crippen LogP contribution in [0.5, 0.6) is 0 Å². The number of carbonyl (C=O) groups excluding carboxylic acids is 1. The van der Waals surface area contributed by atoms with E-state index >= 15 is 0 Å². The Hall–Kier alpha value is 0.808. The monoisotopic (exact) mass is 490 g/mol. The van der Waals surface area contributed by atoms with Gasteiger partial charge in [0.25, 0.3) is 0 Å². The predicted octanol–water partition coefficient (Wildman–Crippen LogP) is 1.90. The Labute approximate surface area is 190 Å². The Balaban J connectivity index is -0.000000960. The van der Waals surface area contributed by atoms with Gasteiger partial charge in [0.2, 0.25) is 10.0 Å². The average molecular weight is 490 g/mol. The molecule has 0 N–H and O–H groups in total. The molecule has 8 heteroatoms. The molecular formula is C15H22NO4SY2. The zero-order chi connectivity index (χ0) is 16.5. The normalized spacial score (nSPS) is 9.83. The van der Waals surface area contributed by atoms with Crippen LogP contribution in [0.3, 0.4) is 0 Å². The molecule has 0 saturated heterocycles. The van der Waals surface area contributed by atoms with Crippen molar-refractivity contribution in [3.05, 3.63) is 50.6 Å². The summed E-state index contributed by atoms with van der Waals surface area (Å²) in [4.78, 5) is 11.3. The molecule has 5 nitrogen and oxygen atoms in total. The van der Waals surface area contributed by atoms with E-state index in [2.05, 4.69) is 25.5 Å². The minimum atomic E-state index is -3.61. The van der Waals surface area contributed by atoms with E-state index in [0.29, 0.717) is 5.56 Å². The molecule has 23 heavy (non-hydrogen) atoms. The van der Waals surface area contributed by atoms with E-state index in [-0.39, 0.29) is 89.8 Å². The van der Waals surface area contributed by atoms with Gasteiger partial charge in [0.05, 0.1) is 18.4 Å². The molecule has 0 spiro atoms. The van der Waals surface area contributed by atoms with Gasteiger partial charge in [-0.1, -0.05) is 12.1 Å². The number of methoxy groups -OCH3 is 1. The van der Waals surface area contributed by atoms with Crippen LogP contribution in [0.2, 0.25) is 0 Å². The Morgan fingerprint density at radius 3 is 2.17 bits per heavy atom. The van der Waals surface area contributed by atoms with Crippen LogP contribution in [0.25, 0.3) is 0 Å². The number of esters is 1. The molecule has 0 saturated carbocycles. The maximum atomic E-state index is 12.2. The number of ether oxygens (including phenoxy) is 1. The Kier molecular flexibility index (Phi) is 18.8. The van der Waals surface area contributed by atoms with Crippen LogP contribution in [0.1, 0.15) is 12.5 Å². The fourth-order valence-electron chi connectivity index (χ4n) is 1.56. The van der Waals surface area contributed by atoms with Crippen molar-refractivity contribution < 1.29 is 83.4 Å². The smallest absolute Gasteiger partial charge is 0.469 e. The van der Waals surface area contributed by atoms with Crippen molar-refractivity contribution in [2.75, 3.05) is 20.2 Å². The van der Waals surface area contributed by atoms with Crippen LogP contribution in [-0.4, -0.2) is 38.9 Å². The largest absolute Gasteiger partial charge is 3.00 e. The van der Waals surface area contributed by atoms with Gasteiger partial charge < -0.3 is 25.5 Å². The summed E-state index contributed by atoms with van der Waals surface area (Å²) in [5.74, 6) is -0.416. The average Bonchev–Trinajstić information content (AvgIpc) is 2.50. The minimum Gasteiger partial charge on any atom is -0.469 e. The standard InChI is InChI=1S/C13H17NO4S.C2H5.2Y/c1-4-14(5-2)19(16,17)12-8-6-7-11(9-12)10-13(15)18-3;1-2;;/h6-9H,1-2,4-5,10H2,3H3;1H2,2H3;;/q-2;-1;;+3. The molecule has 0 atom stereocenters. The quantitative estimate of drug-likeness (QED) is 0.452. The zero-order valence-electron chi connectivity index (χ0n) is 13.7. The second-order valence-corrected chi connectivity index (χ2v) is 5.74.